The summed E-state index contributed by atoms with van der Waals surface area (Å²) in [7, 11) is 1.93. The maximum atomic E-state index is 5.99. The van der Waals surface area contributed by atoms with Gasteiger partial charge in [-0.3, -0.25) is 0 Å². The van der Waals surface area contributed by atoms with Crippen LogP contribution in [0.4, 0.5) is 0 Å². The molecule has 0 amide bonds. The van der Waals surface area contributed by atoms with Crippen molar-refractivity contribution in [1.82, 2.24) is 10.3 Å². The number of hydrogen-bond donors (Lipinski definition) is 1. The Bertz CT molecular complexity index is 699. The number of nitrogens with zero attached hydrogens (tertiary/aromatic N) is 1. The Morgan fingerprint density at radius 1 is 1.32 bits per heavy atom. The molecule has 0 saturated carbocycles. The SMILES string of the molecule is CCc1c(-c2csc(CNC)n2)oc2ccccc12. The third-order valence-electron chi connectivity index (χ3n) is 3.16. The van der Waals surface area contributed by atoms with Crippen LogP contribution in [0.2, 0.25) is 0 Å². The average molecular weight is 272 g/mol. The number of thiazole rings is 1. The Balaban J connectivity index is 2.12. The van der Waals surface area contributed by atoms with Gasteiger partial charge in [0.25, 0.3) is 0 Å². The second-order valence-corrected chi connectivity index (χ2v) is 5.36. The van der Waals surface area contributed by atoms with Gasteiger partial charge in [-0.25, -0.2) is 4.98 Å². The van der Waals surface area contributed by atoms with E-state index < -0.39 is 0 Å². The standard InChI is InChI=1S/C15H16N2OS/c1-3-10-11-6-4-5-7-13(11)18-15(10)12-9-19-14(17-12)8-16-2/h4-7,9,16H,3,8H2,1-2H3. The van der Waals surface area contributed by atoms with Crippen molar-refractivity contribution in [2.24, 2.45) is 0 Å². The largest absolute Gasteiger partial charge is 0.454 e. The molecule has 0 aliphatic heterocycles. The summed E-state index contributed by atoms with van der Waals surface area (Å²) in [4.78, 5) is 4.64. The molecule has 0 atom stereocenters. The number of rotatable bonds is 4. The first-order valence-corrected chi connectivity index (χ1v) is 7.31. The number of fused-ring (bicyclic) bond motifs is 1. The highest BCUT2D eigenvalue weighted by Crippen LogP contribution is 2.34. The average Bonchev–Trinajstić information content (AvgIpc) is 3.02. The number of benzene rings is 1. The summed E-state index contributed by atoms with van der Waals surface area (Å²) in [6, 6.07) is 8.18. The van der Waals surface area contributed by atoms with Crippen LogP contribution >= 0.6 is 11.3 Å². The Hall–Kier alpha value is -1.65. The zero-order valence-corrected chi connectivity index (χ0v) is 11.9. The van der Waals surface area contributed by atoms with Crippen molar-refractivity contribution < 1.29 is 4.42 Å². The van der Waals surface area contributed by atoms with E-state index >= 15 is 0 Å². The summed E-state index contributed by atoms with van der Waals surface area (Å²) < 4.78 is 5.99. The lowest BCUT2D eigenvalue weighted by molar-refractivity contribution is 0.624. The molecule has 1 aromatic carbocycles. The van der Waals surface area contributed by atoms with Crippen LogP contribution in [0, 0.1) is 0 Å². The van der Waals surface area contributed by atoms with Crippen LogP contribution in [0.1, 0.15) is 17.5 Å². The molecule has 1 N–H and O–H groups in total. The summed E-state index contributed by atoms with van der Waals surface area (Å²) >= 11 is 1.66. The molecule has 0 saturated heterocycles. The lowest BCUT2D eigenvalue weighted by Crippen LogP contribution is -2.04. The molecule has 0 unspecified atom stereocenters. The van der Waals surface area contributed by atoms with E-state index in [0.717, 1.165) is 35.0 Å². The van der Waals surface area contributed by atoms with E-state index in [4.69, 9.17) is 4.42 Å². The summed E-state index contributed by atoms with van der Waals surface area (Å²) in [5, 5.41) is 7.47. The number of aromatic nitrogens is 1. The minimum atomic E-state index is 0.798. The molecule has 4 heteroatoms. The van der Waals surface area contributed by atoms with Crippen LogP contribution in [0.5, 0.6) is 0 Å². The first-order valence-electron chi connectivity index (χ1n) is 6.43. The van der Waals surface area contributed by atoms with Gasteiger partial charge >= 0.3 is 0 Å². The Morgan fingerprint density at radius 2 is 2.16 bits per heavy atom. The molecule has 0 aliphatic carbocycles. The predicted molar refractivity (Wildman–Crippen MR) is 79.5 cm³/mol. The molecule has 98 valence electrons. The zero-order chi connectivity index (χ0) is 13.2. The van der Waals surface area contributed by atoms with E-state index in [2.05, 4.69) is 28.7 Å². The molecule has 3 aromatic rings. The van der Waals surface area contributed by atoms with Gasteiger partial charge in [-0.05, 0) is 19.5 Å². The van der Waals surface area contributed by atoms with Gasteiger partial charge in [0.1, 0.15) is 16.3 Å². The molecule has 0 fully saturated rings. The topological polar surface area (TPSA) is 38.1 Å². The van der Waals surface area contributed by atoms with Crippen molar-refractivity contribution in [2.45, 2.75) is 19.9 Å². The Kier molecular flexibility index (Phi) is 3.36. The molecule has 2 aromatic heterocycles. The molecule has 0 aliphatic rings. The van der Waals surface area contributed by atoms with E-state index in [1.807, 2.05) is 25.2 Å². The highest BCUT2D eigenvalue weighted by atomic mass is 32.1. The fraction of sp³-hybridized carbons (Fsp3) is 0.267. The van der Waals surface area contributed by atoms with Crippen LogP contribution in [0.15, 0.2) is 34.1 Å². The highest BCUT2D eigenvalue weighted by molar-refractivity contribution is 7.09. The minimum Gasteiger partial charge on any atom is -0.454 e. The monoisotopic (exact) mass is 272 g/mol. The van der Waals surface area contributed by atoms with Crippen molar-refractivity contribution in [3.05, 3.63) is 40.2 Å². The number of nitrogens with one attached hydrogen (secondary N) is 1. The van der Waals surface area contributed by atoms with Gasteiger partial charge in [-0.2, -0.15) is 0 Å². The van der Waals surface area contributed by atoms with Crippen LogP contribution in [0.25, 0.3) is 22.4 Å². The van der Waals surface area contributed by atoms with Crippen molar-refractivity contribution in [1.29, 1.82) is 0 Å². The summed E-state index contributed by atoms with van der Waals surface area (Å²) in [5.41, 5.74) is 3.14. The normalized spacial score (nSPS) is 11.3. The van der Waals surface area contributed by atoms with E-state index in [1.54, 1.807) is 11.3 Å². The summed E-state index contributed by atoms with van der Waals surface area (Å²) in [5.74, 6) is 0.919. The zero-order valence-electron chi connectivity index (χ0n) is 11.1. The van der Waals surface area contributed by atoms with Gasteiger partial charge in [0, 0.05) is 22.9 Å². The second-order valence-electron chi connectivity index (χ2n) is 4.42. The fourth-order valence-corrected chi connectivity index (χ4v) is 3.09. The van der Waals surface area contributed by atoms with Gasteiger partial charge in [-0.1, -0.05) is 25.1 Å². The second kappa shape index (κ2) is 5.15. The molecular formula is C15H16N2OS. The lowest BCUT2D eigenvalue weighted by atomic mass is 10.1. The number of furan rings is 1. The van der Waals surface area contributed by atoms with Gasteiger partial charge in [-0.15, -0.1) is 11.3 Å². The maximum absolute atomic E-state index is 5.99. The van der Waals surface area contributed by atoms with Gasteiger partial charge in [0.05, 0.1) is 0 Å². The fourth-order valence-electron chi connectivity index (χ4n) is 2.30. The van der Waals surface area contributed by atoms with E-state index in [-0.39, 0.29) is 0 Å². The maximum Gasteiger partial charge on any atom is 0.157 e. The third-order valence-corrected chi connectivity index (χ3v) is 4.01. The van der Waals surface area contributed by atoms with Crippen molar-refractivity contribution in [2.75, 3.05) is 7.05 Å². The first kappa shape index (κ1) is 12.4. The molecule has 0 radical (unpaired) electrons. The minimum absolute atomic E-state index is 0.798. The van der Waals surface area contributed by atoms with Crippen LogP contribution < -0.4 is 5.32 Å². The van der Waals surface area contributed by atoms with Gasteiger partial charge in [0.2, 0.25) is 0 Å². The summed E-state index contributed by atoms with van der Waals surface area (Å²) in [6.45, 7) is 2.95. The van der Waals surface area contributed by atoms with Crippen LogP contribution in [0.3, 0.4) is 0 Å². The van der Waals surface area contributed by atoms with Gasteiger partial charge < -0.3 is 9.73 Å². The Labute approximate surface area is 116 Å². The highest BCUT2D eigenvalue weighted by Gasteiger charge is 2.16. The molecule has 19 heavy (non-hydrogen) atoms. The van der Waals surface area contributed by atoms with Crippen LogP contribution in [-0.2, 0) is 13.0 Å². The quantitative estimate of drug-likeness (QED) is 0.784. The Morgan fingerprint density at radius 3 is 2.95 bits per heavy atom. The predicted octanol–water partition coefficient (Wildman–Crippen LogP) is 3.84. The molecule has 2 heterocycles. The summed E-state index contributed by atoms with van der Waals surface area (Å²) in [6.07, 6.45) is 0.950. The number of hydrogen-bond acceptors (Lipinski definition) is 4. The van der Waals surface area contributed by atoms with Crippen LogP contribution in [-0.4, -0.2) is 12.0 Å². The molecule has 0 bridgehead atoms. The van der Waals surface area contributed by atoms with Crippen molar-refractivity contribution >= 4 is 22.3 Å². The molecular weight excluding hydrogens is 256 g/mol. The first-order chi connectivity index (χ1) is 9.33. The van der Waals surface area contributed by atoms with Gasteiger partial charge in [0.15, 0.2) is 5.76 Å². The number of para-hydroxylation sites is 1. The molecule has 3 nitrogen and oxygen atoms in total. The van der Waals surface area contributed by atoms with Crippen molar-refractivity contribution in [3.8, 4) is 11.5 Å². The number of aryl methyl sites for hydroxylation is 1. The van der Waals surface area contributed by atoms with E-state index in [9.17, 15) is 0 Å². The molecule has 3 rings (SSSR count). The van der Waals surface area contributed by atoms with Crippen molar-refractivity contribution in [3.63, 3.8) is 0 Å². The smallest absolute Gasteiger partial charge is 0.157 e. The van der Waals surface area contributed by atoms with E-state index in [0.29, 0.717) is 0 Å². The lowest BCUT2D eigenvalue weighted by Gasteiger charge is -1.96. The third kappa shape index (κ3) is 2.17. The molecule has 0 spiro atoms. The van der Waals surface area contributed by atoms with E-state index in [1.165, 1.54) is 10.9 Å².